The monoisotopic (exact) mass is 286 g/mol. The number of benzene rings is 1. The lowest BCUT2D eigenvalue weighted by molar-refractivity contribution is 0.257. The number of rotatable bonds is 6. The van der Waals surface area contributed by atoms with E-state index in [1.54, 1.807) is 0 Å². The molecule has 3 heteroatoms. The van der Waals surface area contributed by atoms with Crippen LogP contribution in [0.2, 0.25) is 0 Å². The lowest BCUT2D eigenvalue weighted by Crippen LogP contribution is -2.02. The van der Waals surface area contributed by atoms with Gasteiger partial charge in [-0.15, -0.1) is 0 Å². The Bertz CT molecular complexity index is 324. The Balaban J connectivity index is 2.52. The van der Waals surface area contributed by atoms with E-state index in [4.69, 9.17) is 4.74 Å². The topological polar surface area (TPSA) is 29.5 Å². The van der Waals surface area contributed by atoms with Gasteiger partial charge in [0.2, 0.25) is 0 Å². The lowest BCUT2D eigenvalue weighted by Gasteiger charge is -2.12. The van der Waals surface area contributed by atoms with E-state index in [0.29, 0.717) is 12.5 Å². The fourth-order valence-electron chi connectivity index (χ4n) is 1.51. The molecule has 2 nitrogen and oxygen atoms in total. The van der Waals surface area contributed by atoms with E-state index in [9.17, 15) is 5.11 Å². The highest BCUT2D eigenvalue weighted by Gasteiger charge is 2.06. The molecule has 1 rings (SSSR count). The van der Waals surface area contributed by atoms with E-state index in [-0.39, 0.29) is 6.61 Å². The molecule has 90 valence electrons. The van der Waals surface area contributed by atoms with Crippen molar-refractivity contribution in [3.63, 3.8) is 0 Å². The van der Waals surface area contributed by atoms with Crippen molar-refractivity contribution >= 4 is 15.9 Å². The third-order valence-corrected chi connectivity index (χ3v) is 3.02. The second-order valence-electron chi connectivity index (χ2n) is 4.27. The third kappa shape index (κ3) is 4.14. The molecule has 0 saturated heterocycles. The van der Waals surface area contributed by atoms with E-state index in [0.717, 1.165) is 22.2 Å². The van der Waals surface area contributed by atoms with Crippen molar-refractivity contribution in [2.75, 3.05) is 6.61 Å². The first-order valence-electron chi connectivity index (χ1n) is 5.66. The maximum absolute atomic E-state index is 9.19. The van der Waals surface area contributed by atoms with Crippen LogP contribution in [-0.4, -0.2) is 11.7 Å². The van der Waals surface area contributed by atoms with Crippen LogP contribution in [0.1, 0.15) is 32.3 Å². The van der Waals surface area contributed by atoms with Crippen LogP contribution < -0.4 is 4.74 Å². The van der Waals surface area contributed by atoms with Gasteiger partial charge in [0.05, 0.1) is 17.7 Å². The van der Waals surface area contributed by atoms with E-state index in [1.165, 1.54) is 6.42 Å². The van der Waals surface area contributed by atoms with E-state index >= 15 is 0 Å². The summed E-state index contributed by atoms with van der Waals surface area (Å²) in [6.45, 7) is 5.13. The highest BCUT2D eigenvalue weighted by molar-refractivity contribution is 9.10. The number of hydrogen-bond acceptors (Lipinski definition) is 2. The maximum atomic E-state index is 9.19. The Kier molecular flexibility index (Phi) is 5.85. The number of hydrogen-bond donors (Lipinski definition) is 1. The van der Waals surface area contributed by atoms with Crippen LogP contribution in [0.25, 0.3) is 0 Å². The molecule has 0 aliphatic heterocycles. The molecule has 0 aromatic heterocycles. The van der Waals surface area contributed by atoms with Gasteiger partial charge in [0.1, 0.15) is 5.75 Å². The van der Waals surface area contributed by atoms with E-state index < -0.39 is 0 Å². The van der Waals surface area contributed by atoms with Gasteiger partial charge in [0, 0.05) is 5.56 Å². The van der Waals surface area contributed by atoms with Crippen LogP contribution in [0.5, 0.6) is 5.75 Å². The molecule has 0 saturated carbocycles. The number of halogens is 1. The van der Waals surface area contributed by atoms with Crippen LogP contribution in [0.4, 0.5) is 0 Å². The van der Waals surface area contributed by atoms with Gasteiger partial charge in [-0.05, 0) is 40.8 Å². The van der Waals surface area contributed by atoms with Crippen molar-refractivity contribution in [1.29, 1.82) is 0 Å². The molecule has 0 atom stereocenters. The second kappa shape index (κ2) is 6.92. The minimum absolute atomic E-state index is 0.0129. The molecule has 0 amide bonds. The molecule has 16 heavy (non-hydrogen) atoms. The van der Waals surface area contributed by atoms with Gasteiger partial charge in [-0.2, -0.15) is 0 Å². The summed E-state index contributed by atoms with van der Waals surface area (Å²) in [5, 5.41) is 9.19. The summed E-state index contributed by atoms with van der Waals surface area (Å²) in [4.78, 5) is 0. The molecular weight excluding hydrogens is 268 g/mol. The molecule has 1 N–H and O–H groups in total. The van der Waals surface area contributed by atoms with Crippen LogP contribution >= 0.6 is 15.9 Å². The van der Waals surface area contributed by atoms with E-state index in [1.807, 2.05) is 18.2 Å². The summed E-state index contributed by atoms with van der Waals surface area (Å²) in [6.07, 6.45) is 2.21. The summed E-state index contributed by atoms with van der Waals surface area (Å²) >= 11 is 3.43. The van der Waals surface area contributed by atoms with Crippen LogP contribution in [0.3, 0.4) is 0 Å². The van der Waals surface area contributed by atoms with Crippen molar-refractivity contribution in [1.82, 2.24) is 0 Å². The normalized spacial score (nSPS) is 10.8. The molecule has 1 aromatic carbocycles. The van der Waals surface area contributed by atoms with Crippen molar-refractivity contribution in [2.24, 2.45) is 5.92 Å². The Morgan fingerprint density at radius 3 is 2.75 bits per heavy atom. The zero-order chi connectivity index (χ0) is 12.0. The first-order valence-corrected chi connectivity index (χ1v) is 6.45. The summed E-state index contributed by atoms with van der Waals surface area (Å²) in [6, 6.07) is 5.70. The van der Waals surface area contributed by atoms with Crippen molar-refractivity contribution in [3.8, 4) is 5.75 Å². The van der Waals surface area contributed by atoms with Gasteiger partial charge in [-0.1, -0.05) is 26.0 Å². The minimum atomic E-state index is 0.0129. The minimum Gasteiger partial charge on any atom is -0.492 e. The molecular formula is C13H19BrO2. The molecule has 0 radical (unpaired) electrons. The smallest absolute Gasteiger partial charge is 0.138 e. The van der Waals surface area contributed by atoms with Gasteiger partial charge in [0.15, 0.2) is 0 Å². The average molecular weight is 287 g/mol. The van der Waals surface area contributed by atoms with Gasteiger partial charge in [-0.25, -0.2) is 0 Å². The van der Waals surface area contributed by atoms with Gasteiger partial charge in [-0.3, -0.25) is 0 Å². The van der Waals surface area contributed by atoms with Crippen molar-refractivity contribution in [3.05, 3.63) is 28.2 Å². The number of para-hydroxylation sites is 1. The van der Waals surface area contributed by atoms with Gasteiger partial charge in [0.25, 0.3) is 0 Å². The highest BCUT2D eigenvalue weighted by atomic mass is 79.9. The van der Waals surface area contributed by atoms with Crippen molar-refractivity contribution in [2.45, 2.75) is 33.3 Å². The number of ether oxygens (including phenoxy) is 1. The average Bonchev–Trinajstić information content (AvgIpc) is 2.25. The molecule has 0 spiro atoms. The third-order valence-electron chi connectivity index (χ3n) is 2.39. The molecule has 0 fully saturated rings. The summed E-state index contributed by atoms with van der Waals surface area (Å²) < 4.78 is 6.61. The van der Waals surface area contributed by atoms with E-state index in [2.05, 4.69) is 29.8 Å². The second-order valence-corrected chi connectivity index (χ2v) is 5.13. The standard InChI is InChI=1S/C13H19BrO2/c1-10(2)5-4-8-16-13-11(9-15)6-3-7-12(13)14/h3,6-7,10,15H,4-5,8-9H2,1-2H3. The summed E-state index contributed by atoms with van der Waals surface area (Å²) in [5.74, 6) is 1.48. The van der Waals surface area contributed by atoms with Crippen LogP contribution in [-0.2, 0) is 6.61 Å². The number of aliphatic hydroxyl groups excluding tert-OH is 1. The first-order chi connectivity index (χ1) is 7.65. The predicted octanol–water partition coefficient (Wildman–Crippen LogP) is 3.76. The quantitative estimate of drug-likeness (QED) is 0.807. The lowest BCUT2D eigenvalue weighted by atomic mass is 10.1. The van der Waals surface area contributed by atoms with Crippen LogP contribution in [0.15, 0.2) is 22.7 Å². The Morgan fingerprint density at radius 2 is 2.12 bits per heavy atom. The largest absolute Gasteiger partial charge is 0.492 e. The predicted molar refractivity (Wildman–Crippen MR) is 69.6 cm³/mol. The molecule has 0 heterocycles. The fraction of sp³-hybridized carbons (Fsp3) is 0.538. The summed E-state index contributed by atoms with van der Waals surface area (Å²) in [5.41, 5.74) is 0.832. The molecule has 0 unspecified atom stereocenters. The highest BCUT2D eigenvalue weighted by Crippen LogP contribution is 2.29. The maximum Gasteiger partial charge on any atom is 0.138 e. The molecule has 0 aliphatic carbocycles. The molecule has 0 aliphatic rings. The zero-order valence-electron chi connectivity index (χ0n) is 9.87. The Morgan fingerprint density at radius 1 is 1.38 bits per heavy atom. The Labute approximate surface area is 106 Å². The SMILES string of the molecule is CC(C)CCCOc1c(Br)cccc1CO. The van der Waals surface area contributed by atoms with Crippen molar-refractivity contribution < 1.29 is 9.84 Å². The zero-order valence-corrected chi connectivity index (χ0v) is 11.5. The van der Waals surface area contributed by atoms with Gasteiger partial charge < -0.3 is 9.84 Å². The number of aliphatic hydroxyl groups is 1. The molecule has 1 aromatic rings. The van der Waals surface area contributed by atoms with Crippen LogP contribution in [0, 0.1) is 5.92 Å². The fourth-order valence-corrected chi connectivity index (χ4v) is 2.03. The first kappa shape index (κ1) is 13.5. The molecule has 0 bridgehead atoms. The Hall–Kier alpha value is -0.540. The van der Waals surface area contributed by atoms with Gasteiger partial charge >= 0.3 is 0 Å². The summed E-state index contributed by atoms with van der Waals surface area (Å²) in [7, 11) is 0.